The Morgan fingerprint density at radius 2 is 2.11 bits per heavy atom. The van der Waals surface area contributed by atoms with Gasteiger partial charge >= 0.3 is 0 Å². The highest BCUT2D eigenvalue weighted by Crippen LogP contribution is 2.19. The van der Waals surface area contributed by atoms with E-state index in [4.69, 9.17) is 4.74 Å². The molecule has 1 amide bonds. The van der Waals surface area contributed by atoms with Crippen molar-refractivity contribution in [2.24, 2.45) is 0 Å². The molecule has 0 aliphatic carbocycles. The molecule has 0 atom stereocenters. The van der Waals surface area contributed by atoms with Gasteiger partial charge in [0.25, 0.3) is 5.91 Å². The van der Waals surface area contributed by atoms with E-state index in [1.54, 1.807) is 24.9 Å². The zero-order chi connectivity index (χ0) is 13.5. The summed E-state index contributed by atoms with van der Waals surface area (Å²) in [5.74, 6) is -0.470. The fourth-order valence-corrected chi connectivity index (χ4v) is 1.62. The average molecular weight is 253 g/mol. The summed E-state index contributed by atoms with van der Waals surface area (Å²) in [6.07, 6.45) is 1.97. The molecule has 1 rings (SSSR count). The van der Waals surface area contributed by atoms with Crippen LogP contribution in [0.5, 0.6) is 5.75 Å². The maximum atomic E-state index is 13.6. The van der Waals surface area contributed by atoms with Crippen molar-refractivity contribution in [1.82, 2.24) is 4.90 Å². The van der Waals surface area contributed by atoms with Gasteiger partial charge < -0.3 is 9.64 Å². The van der Waals surface area contributed by atoms with Gasteiger partial charge in [-0.05, 0) is 31.5 Å². The summed E-state index contributed by atoms with van der Waals surface area (Å²) in [5.41, 5.74) is 0.356. The fourth-order valence-electron chi connectivity index (χ4n) is 1.62. The monoisotopic (exact) mass is 253 g/mol. The Kier molecular flexibility index (Phi) is 5.62. The molecule has 3 nitrogen and oxygen atoms in total. The Balaban J connectivity index is 2.77. The number of unbranched alkanes of at least 4 members (excludes halogenated alkanes) is 1. The summed E-state index contributed by atoms with van der Waals surface area (Å²) >= 11 is 0. The number of halogens is 1. The molecule has 100 valence electrons. The fraction of sp³-hybridized carbons (Fsp3) is 0.500. The second-order valence-corrected chi connectivity index (χ2v) is 4.16. The lowest BCUT2D eigenvalue weighted by atomic mass is 10.2. The Bertz CT molecular complexity index is 407. The van der Waals surface area contributed by atoms with Crippen LogP contribution < -0.4 is 4.74 Å². The van der Waals surface area contributed by atoms with Crippen LogP contribution >= 0.6 is 0 Å². The van der Waals surface area contributed by atoms with E-state index >= 15 is 0 Å². The van der Waals surface area contributed by atoms with Crippen molar-refractivity contribution in [1.29, 1.82) is 0 Å². The van der Waals surface area contributed by atoms with Crippen LogP contribution in [0.1, 0.15) is 37.0 Å². The van der Waals surface area contributed by atoms with Crippen molar-refractivity contribution in [3.63, 3.8) is 0 Å². The predicted molar refractivity (Wildman–Crippen MR) is 69.4 cm³/mol. The molecule has 0 unspecified atom stereocenters. The second-order valence-electron chi connectivity index (χ2n) is 4.16. The van der Waals surface area contributed by atoms with Gasteiger partial charge in [-0.1, -0.05) is 13.3 Å². The van der Waals surface area contributed by atoms with E-state index in [9.17, 15) is 9.18 Å². The minimum Gasteiger partial charge on any atom is -0.491 e. The standard InChI is InChI=1S/C14H20FNO2/c1-4-6-9-16(3)14(17)11-7-8-13(18-5-2)12(15)10-11/h7-8,10H,4-6,9H2,1-3H3. The average Bonchev–Trinajstić information content (AvgIpc) is 2.37. The number of hydrogen-bond donors (Lipinski definition) is 0. The van der Waals surface area contributed by atoms with Crippen LogP contribution in [-0.4, -0.2) is 31.0 Å². The van der Waals surface area contributed by atoms with Crippen molar-refractivity contribution < 1.29 is 13.9 Å². The molecule has 0 aromatic heterocycles. The third kappa shape index (κ3) is 3.72. The van der Waals surface area contributed by atoms with E-state index < -0.39 is 5.82 Å². The van der Waals surface area contributed by atoms with Crippen LogP contribution in [0.15, 0.2) is 18.2 Å². The SMILES string of the molecule is CCCCN(C)C(=O)c1ccc(OCC)c(F)c1. The zero-order valence-corrected chi connectivity index (χ0v) is 11.2. The molecular weight excluding hydrogens is 233 g/mol. The first-order chi connectivity index (χ1) is 8.60. The van der Waals surface area contributed by atoms with Crippen LogP contribution in [0.25, 0.3) is 0 Å². The molecule has 1 aromatic carbocycles. The molecule has 1 aromatic rings. The number of carbonyl (C=O) groups is 1. The summed E-state index contributed by atoms with van der Waals surface area (Å²) in [6.45, 7) is 4.94. The molecule has 18 heavy (non-hydrogen) atoms. The molecule has 0 saturated carbocycles. The molecule has 0 radical (unpaired) electrons. The Labute approximate surface area is 108 Å². The number of amides is 1. The summed E-state index contributed by atoms with van der Waals surface area (Å²) in [6, 6.07) is 4.33. The second kappa shape index (κ2) is 6.99. The minimum absolute atomic E-state index is 0.162. The first-order valence-electron chi connectivity index (χ1n) is 6.28. The van der Waals surface area contributed by atoms with Crippen molar-refractivity contribution in [2.45, 2.75) is 26.7 Å². The number of hydrogen-bond acceptors (Lipinski definition) is 2. The number of benzene rings is 1. The van der Waals surface area contributed by atoms with Gasteiger partial charge in [-0.15, -0.1) is 0 Å². The van der Waals surface area contributed by atoms with Gasteiger partial charge in [-0.25, -0.2) is 4.39 Å². The zero-order valence-electron chi connectivity index (χ0n) is 11.2. The number of carbonyl (C=O) groups excluding carboxylic acids is 1. The molecule has 0 heterocycles. The van der Waals surface area contributed by atoms with Crippen LogP contribution in [0.3, 0.4) is 0 Å². The molecule has 0 saturated heterocycles. The van der Waals surface area contributed by atoms with Gasteiger partial charge in [0.05, 0.1) is 6.61 Å². The van der Waals surface area contributed by atoms with Crippen LogP contribution in [0.4, 0.5) is 4.39 Å². The van der Waals surface area contributed by atoms with Gasteiger partial charge in [0.15, 0.2) is 11.6 Å². The molecule has 0 aliphatic rings. The summed E-state index contributed by atoms with van der Waals surface area (Å²) in [4.78, 5) is 13.6. The first kappa shape index (κ1) is 14.5. The summed E-state index contributed by atoms with van der Waals surface area (Å²) < 4.78 is 18.7. The molecular formula is C14H20FNO2. The highest BCUT2D eigenvalue weighted by atomic mass is 19.1. The maximum Gasteiger partial charge on any atom is 0.253 e. The van der Waals surface area contributed by atoms with E-state index in [1.807, 2.05) is 0 Å². The highest BCUT2D eigenvalue weighted by Gasteiger charge is 2.13. The summed E-state index contributed by atoms with van der Waals surface area (Å²) in [5, 5.41) is 0. The van der Waals surface area contributed by atoms with Gasteiger partial charge in [-0.3, -0.25) is 4.79 Å². The molecule has 4 heteroatoms. The van der Waals surface area contributed by atoms with E-state index in [1.165, 1.54) is 12.1 Å². The Morgan fingerprint density at radius 3 is 2.67 bits per heavy atom. The third-order valence-electron chi connectivity index (χ3n) is 2.67. The third-order valence-corrected chi connectivity index (χ3v) is 2.67. The van der Waals surface area contributed by atoms with Crippen molar-refractivity contribution in [3.05, 3.63) is 29.6 Å². The van der Waals surface area contributed by atoms with E-state index in [0.29, 0.717) is 18.7 Å². The maximum absolute atomic E-state index is 13.6. The van der Waals surface area contributed by atoms with Crippen LogP contribution in [0, 0.1) is 5.82 Å². The minimum atomic E-state index is -0.494. The van der Waals surface area contributed by atoms with Crippen molar-refractivity contribution in [3.8, 4) is 5.75 Å². The lowest BCUT2D eigenvalue weighted by Crippen LogP contribution is -2.27. The highest BCUT2D eigenvalue weighted by molar-refractivity contribution is 5.94. The molecule has 0 aliphatic heterocycles. The molecule has 0 spiro atoms. The van der Waals surface area contributed by atoms with E-state index in [-0.39, 0.29) is 11.7 Å². The lowest BCUT2D eigenvalue weighted by Gasteiger charge is -2.17. The molecule has 0 bridgehead atoms. The summed E-state index contributed by atoms with van der Waals surface area (Å²) in [7, 11) is 1.73. The Morgan fingerprint density at radius 1 is 1.39 bits per heavy atom. The quantitative estimate of drug-likeness (QED) is 0.779. The number of nitrogens with zero attached hydrogens (tertiary/aromatic N) is 1. The molecule has 0 N–H and O–H groups in total. The lowest BCUT2D eigenvalue weighted by molar-refractivity contribution is 0.0792. The van der Waals surface area contributed by atoms with Crippen LogP contribution in [0.2, 0.25) is 0 Å². The normalized spacial score (nSPS) is 10.2. The van der Waals surface area contributed by atoms with Crippen molar-refractivity contribution in [2.75, 3.05) is 20.2 Å². The van der Waals surface area contributed by atoms with Gasteiger partial charge in [0, 0.05) is 19.2 Å². The van der Waals surface area contributed by atoms with E-state index in [0.717, 1.165) is 12.8 Å². The predicted octanol–water partition coefficient (Wildman–Crippen LogP) is 3.10. The smallest absolute Gasteiger partial charge is 0.253 e. The largest absolute Gasteiger partial charge is 0.491 e. The Hall–Kier alpha value is -1.58. The topological polar surface area (TPSA) is 29.5 Å². The van der Waals surface area contributed by atoms with Gasteiger partial charge in [0.2, 0.25) is 0 Å². The van der Waals surface area contributed by atoms with Gasteiger partial charge in [0.1, 0.15) is 0 Å². The van der Waals surface area contributed by atoms with Crippen molar-refractivity contribution >= 4 is 5.91 Å². The van der Waals surface area contributed by atoms with Crippen LogP contribution in [-0.2, 0) is 0 Å². The number of ether oxygens (including phenoxy) is 1. The molecule has 0 fully saturated rings. The number of rotatable bonds is 6. The van der Waals surface area contributed by atoms with Gasteiger partial charge in [-0.2, -0.15) is 0 Å². The van der Waals surface area contributed by atoms with E-state index in [2.05, 4.69) is 6.92 Å². The first-order valence-corrected chi connectivity index (χ1v) is 6.28.